The zero-order valence-corrected chi connectivity index (χ0v) is 11.0. The van der Waals surface area contributed by atoms with E-state index in [1.165, 1.54) is 0 Å². The molecule has 1 unspecified atom stereocenters. The van der Waals surface area contributed by atoms with Gasteiger partial charge in [0.1, 0.15) is 5.75 Å². The summed E-state index contributed by atoms with van der Waals surface area (Å²) in [6, 6.07) is 6.22. The molecule has 0 aliphatic rings. The number of benzene rings is 1. The molecule has 0 aromatic heterocycles. The van der Waals surface area contributed by atoms with E-state index < -0.39 is 0 Å². The van der Waals surface area contributed by atoms with Crippen molar-refractivity contribution in [1.82, 2.24) is 5.32 Å². The van der Waals surface area contributed by atoms with Gasteiger partial charge in [-0.25, -0.2) is 0 Å². The lowest BCUT2D eigenvalue weighted by molar-refractivity contribution is 0.414. The van der Waals surface area contributed by atoms with Gasteiger partial charge in [-0.2, -0.15) is 0 Å². The van der Waals surface area contributed by atoms with Crippen molar-refractivity contribution in [2.45, 2.75) is 32.7 Å². The van der Waals surface area contributed by atoms with Gasteiger partial charge in [-0.3, -0.25) is 0 Å². The van der Waals surface area contributed by atoms with E-state index in [9.17, 15) is 0 Å². The average Bonchev–Trinajstić information content (AvgIpc) is 2.29. The lowest BCUT2D eigenvalue weighted by Crippen LogP contribution is -2.20. The molecule has 0 heterocycles. The van der Waals surface area contributed by atoms with Gasteiger partial charge in [0.25, 0.3) is 0 Å². The van der Waals surface area contributed by atoms with E-state index in [-0.39, 0.29) is 0 Å². The van der Waals surface area contributed by atoms with E-state index in [2.05, 4.69) is 19.2 Å². The maximum absolute atomic E-state index is 6.25. The lowest BCUT2D eigenvalue weighted by atomic mass is 10.0. The molecule has 0 amide bonds. The molecular weight excluding hydrogens is 222 g/mol. The van der Waals surface area contributed by atoms with Gasteiger partial charge in [0.15, 0.2) is 0 Å². The van der Waals surface area contributed by atoms with Crippen molar-refractivity contribution in [2.24, 2.45) is 0 Å². The molecule has 16 heavy (non-hydrogen) atoms. The Bertz CT molecular complexity index is 322. The molecule has 0 saturated carbocycles. The second kappa shape index (κ2) is 6.77. The first-order valence-electron chi connectivity index (χ1n) is 5.79. The molecule has 3 heteroatoms. The Morgan fingerprint density at radius 2 is 2.12 bits per heavy atom. The van der Waals surface area contributed by atoms with Crippen LogP contribution in [0.2, 0.25) is 5.02 Å². The van der Waals surface area contributed by atoms with Gasteiger partial charge in [-0.05, 0) is 30.7 Å². The van der Waals surface area contributed by atoms with E-state index in [1.807, 2.05) is 18.2 Å². The summed E-state index contributed by atoms with van der Waals surface area (Å²) in [7, 11) is 1.65. The van der Waals surface area contributed by atoms with Crippen LogP contribution in [0.5, 0.6) is 5.75 Å². The molecule has 0 saturated heterocycles. The Kier molecular flexibility index (Phi) is 5.64. The van der Waals surface area contributed by atoms with E-state index in [0.29, 0.717) is 6.04 Å². The molecule has 90 valence electrons. The van der Waals surface area contributed by atoms with Crippen LogP contribution in [0.15, 0.2) is 18.2 Å². The summed E-state index contributed by atoms with van der Waals surface area (Å²) in [6.45, 7) is 5.24. The van der Waals surface area contributed by atoms with Crippen LogP contribution >= 0.6 is 11.6 Å². The minimum atomic E-state index is 0.341. The first kappa shape index (κ1) is 13.3. The third-order valence-corrected chi connectivity index (χ3v) is 2.94. The molecule has 1 rings (SSSR count). The summed E-state index contributed by atoms with van der Waals surface area (Å²) in [5.41, 5.74) is 1.16. The fourth-order valence-corrected chi connectivity index (χ4v) is 2.12. The van der Waals surface area contributed by atoms with Crippen LogP contribution in [0.4, 0.5) is 0 Å². The van der Waals surface area contributed by atoms with Gasteiger partial charge in [0.05, 0.1) is 7.11 Å². The number of methoxy groups -OCH3 is 1. The van der Waals surface area contributed by atoms with Crippen LogP contribution in [0, 0.1) is 0 Å². The molecule has 2 nitrogen and oxygen atoms in total. The predicted octanol–water partition coefficient (Wildman–Crippen LogP) is 3.80. The summed E-state index contributed by atoms with van der Waals surface area (Å²) in [6.07, 6.45) is 2.24. The molecule has 1 aromatic carbocycles. The zero-order valence-electron chi connectivity index (χ0n) is 10.2. The number of halogens is 1. The summed E-state index contributed by atoms with van der Waals surface area (Å²) in [5, 5.41) is 4.23. The molecule has 1 atom stereocenters. The predicted molar refractivity (Wildman–Crippen MR) is 69.3 cm³/mol. The van der Waals surface area contributed by atoms with Crippen molar-refractivity contribution in [3.63, 3.8) is 0 Å². The van der Waals surface area contributed by atoms with Crippen molar-refractivity contribution in [3.05, 3.63) is 28.8 Å². The van der Waals surface area contributed by atoms with E-state index in [1.54, 1.807) is 7.11 Å². The van der Waals surface area contributed by atoms with Crippen LogP contribution in [0.3, 0.4) is 0 Å². The Hall–Kier alpha value is -0.730. The second-order valence-corrected chi connectivity index (χ2v) is 4.19. The fourth-order valence-electron chi connectivity index (χ4n) is 1.82. The van der Waals surface area contributed by atoms with Gasteiger partial charge < -0.3 is 10.1 Å². The number of ether oxygens (including phenoxy) is 1. The summed E-state index contributed by atoms with van der Waals surface area (Å²) in [4.78, 5) is 0. The van der Waals surface area contributed by atoms with E-state index >= 15 is 0 Å². The second-order valence-electron chi connectivity index (χ2n) is 3.79. The first-order chi connectivity index (χ1) is 7.72. The standard InChI is InChI=1S/C13H20ClNO/c1-4-6-13(15-5-2)11-8-7-10(16-3)9-12(11)14/h7-9,13,15H,4-6H2,1-3H3. The minimum absolute atomic E-state index is 0.341. The summed E-state index contributed by atoms with van der Waals surface area (Å²) >= 11 is 6.25. The van der Waals surface area contributed by atoms with Crippen LogP contribution < -0.4 is 10.1 Å². The third-order valence-electron chi connectivity index (χ3n) is 2.61. The normalized spacial score (nSPS) is 12.5. The van der Waals surface area contributed by atoms with E-state index in [0.717, 1.165) is 35.7 Å². The van der Waals surface area contributed by atoms with Crippen molar-refractivity contribution in [1.29, 1.82) is 0 Å². The lowest BCUT2D eigenvalue weighted by Gasteiger charge is -2.19. The summed E-state index contributed by atoms with van der Waals surface area (Å²) in [5.74, 6) is 0.806. The van der Waals surface area contributed by atoms with Gasteiger partial charge in [0, 0.05) is 11.1 Å². The number of rotatable bonds is 6. The third kappa shape index (κ3) is 3.39. The van der Waals surface area contributed by atoms with Crippen molar-refractivity contribution in [3.8, 4) is 5.75 Å². The monoisotopic (exact) mass is 241 g/mol. The molecule has 0 spiro atoms. The van der Waals surface area contributed by atoms with Crippen molar-refractivity contribution in [2.75, 3.05) is 13.7 Å². The number of hydrogen-bond donors (Lipinski definition) is 1. The maximum atomic E-state index is 6.25. The Morgan fingerprint density at radius 1 is 1.38 bits per heavy atom. The van der Waals surface area contributed by atoms with E-state index in [4.69, 9.17) is 16.3 Å². The minimum Gasteiger partial charge on any atom is -0.497 e. The topological polar surface area (TPSA) is 21.3 Å². The summed E-state index contributed by atoms with van der Waals surface area (Å²) < 4.78 is 5.14. The Balaban J connectivity index is 2.90. The SMILES string of the molecule is CCCC(NCC)c1ccc(OC)cc1Cl. The maximum Gasteiger partial charge on any atom is 0.120 e. The fraction of sp³-hybridized carbons (Fsp3) is 0.538. The van der Waals surface area contributed by atoms with Crippen molar-refractivity contribution < 1.29 is 4.74 Å². The average molecular weight is 242 g/mol. The van der Waals surface area contributed by atoms with Gasteiger partial charge in [-0.15, -0.1) is 0 Å². The van der Waals surface area contributed by atoms with Gasteiger partial charge >= 0.3 is 0 Å². The molecule has 0 aliphatic carbocycles. The molecule has 0 radical (unpaired) electrons. The van der Waals surface area contributed by atoms with Crippen LogP contribution in [0.1, 0.15) is 38.3 Å². The highest BCUT2D eigenvalue weighted by atomic mass is 35.5. The zero-order chi connectivity index (χ0) is 12.0. The quantitative estimate of drug-likeness (QED) is 0.818. The molecule has 0 fully saturated rings. The highest BCUT2D eigenvalue weighted by molar-refractivity contribution is 6.31. The Labute approximate surface area is 103 Å². The molecule has 0 aliphatic heterocycles. The van der Waals surface area contributed by atoms with Crippen LogP contribution in [0.25, 0.3) is 0 Å². The Morgan fingerprint density at radius 3 is 2.62 bits per heavy atom. The highest BCUT2D eigenvalue weighted by Crippen LogP contribution is 2.29. The molecule has 1 N–H and O–H groups in total. The first-order valence-corrected chi connectivity index (χ1v) is 6.17. The molecule has 0 bridgehead atoms. The van der Waals surface area contributed by atoms with Gasteiger partial charge in [0.2, 0.25) is 0 Å². The molecule has 1 aromatic rings. The van der Waals surface area contributed by atoms with Gasteiger partial charge in [-0.1, -0.05) is 37.9 Å². The van der Waals surface area contributed by atoms with Crippen molar-refractivity contribution >= 4 is 11.6 Å². The smallest absolute Gasteiger partial charge is 0.120 e. The molecular formula is C13H20ClNO. The number of nitrogens with one attached hydrogen (secondary N) is 1. The number of hydrogen-bond acceptors (Lipinski definition) is 2. The van der Waals surface area contributed by atoms with Crippen LogP contribution in [-0.4, -0.2) is 13.7 Å². The largest absolute Gasteiger partial charge is 0.497 e. The highest BCUT2D eigenvalue weighted by Gasteiger charge is 2.13. The van der Waals surface area contributed by atoms with Crippen LogP contribution in [-0.2, 0) is 0 Å².